The summed E-state index contributed by atoms with van der Waals surface area (Å²) in [5.41, 5.74) is 7.15. The average molecular weight is 1330 g/mol. The highest BCUT2D eigenvalue weighted by atomic mass is 32.2. The third kappa shape index (κ3) is 18.7. The van der Waals surface area contributed by atoms with Gasteiger partial charge in [0.1, 0.15) is 22.6 Å². The number of fused-ring (bicyclic) bond motifs is 20. The second-order valence-electron chi connectivity index (χ2n) is 23.4. The van der Waals surface area contributed by atoms with E-state index in [1.54, 1.807) is 0 Å². The highest BCUT2D eigenvalue weighted by molar-refractivity contribution is 8.03. The summed E-state index contributed by atoms with van der Waals surface area (Å²) in [6.07, 6.45) is 29.0. The van der Waals surface area contributed by atoms with Gasteiger partial charge in [0, 0.05) is 83.0 Å². The summed E-state index contributed by atoms with van der Waals surface area (Å²) in [5.74, 6) is 11.3. The molecule has 88 heavy (non-hydrogen) atoms. The van der Waals surface area contributed by atoms with Crippen LogP contribution in [0.4, 0.5) is 0 Å². The van der Waals surface area contributed by atoms with Crippen molar-refractivity contribution < 1.29 is 0 Å². The van der Waals surface area contributed by atoms with Gasteiger partial charge in [-0.15, -0.1) is 94.1 Å². The molecule has 5 heterocycles. The molecule has 4 aromatic carbocycles. The Hall–Kier alpha value is -2.96. The molecule has 8 nitrogen and oxygen atoms in total. The molecule has 0 amide bonds. The van der Waals surface area contributed by atoms with Gasteiger partial charge in [0.15, 0.2) is 23.3 Å². The third-order valence-corrected chi connectivity index (χ3v) is 25.8. The molecule has 16 heteroatoms. The van der Waals surface area contributed by atoms with E-state index < -0.39 is 0 Å². The molecule has 2 aliphatic heterocycles. The summed E-state index contributed by atoms with van der Waals surface area (Å²) < 4.78 is 0. The summed E-state index contributed by atoms with van der Waals surface area (Å²) in [4.78, 5) is 52.4. The van der Waals surface area contributed by atoms with Crippen molar-refractivity contribution in [3.05, 3.63) is 48.5 Å². The molecule has 9 rings (SSSR count). The van der Waals surface area contributed by atoms with Gasteiger partial charge < -0.3 is 9.97 Å². The van der Waals surface area contributed by atoms with Gasteiger partial charge in [-0.25, -0.2) is 29.9 Å². The summed E-state index contributed by atoms with van der Waals surface area (Å²) in [6, 6.07) is 19.3. The lowest BCUT2D eigenvalue weighted by molar-refractivity contribution is 0.777. The molecule has 3 aromatic heterocycles. The third-order valence-electron chi connectivity index (χ3n) is 16.1. The Labute approximate surface area is 562 Å². The van der Waals surface area contributed by atoms with Crippen LogP contribution in [0, 0.1) is 0 Å². The van der Waals surface area contributed by atoms with Crippen LogP contribution >= 0.6 is 94.1 Å². The zero-order valence-corrected chi connectivity index (χ0v) is 60.7. The highest BCUT2D eigenvalue weighted by Gasteiger charge is 2.27. The van der Waals surface area contributed by atoms with Gasteiger partial charge in [0.25, 0.3) is 0 Å². The first-order valence-corrected chi connectivity index (χ1v) is 41.8. The lowest BCUT2D eigenvalue weighted by atomic mass is 10.1. The standard InChI is InChI=1S/C72H98N8S8/c1-9-17-25-33-81-57-41-49-50(42-58(57)82-34-26-18-10-2)66-73-65(49)77-67-51-43-59(83-35-27-19-11-3)60(84-36-28-20-12-4)44-52(51)69(74-67)79-71-55-47-63(87-39-31-23-15-7)64(88-40-32-24-16-8)48-56(55)72(76-71)80-70-54-46-62(86-38-30-22-14-6)61(85-37-29-21-13-5)45-53(54)68(75-70)78-66/h41-48H,9-40H2,1-8H3,(H2,73,74,75,76,77,78,79,80). The van der Waals surface area contributed by atoms with E-state index in [0.29, 0.717) is 23.3 Å². The van der Waals surface area contributed by atoms with Gasteiger partial charge in [-0.05, 0) is 146 Å². The van der Waals surface area contributed by atoms with Gasteiger partial charge in [-0.1, -0.05) is 158 Å². The molecule has 474 valence electrons. The quantitative estimate of drug-likeness (QED) is 0.0281. The van der Waals surface area contributed by atoms with Crippen LogP contribution in [0.5, 0.6) is 0 Å². The molecule has 0 atom stereocenters. The fourth-order valence-corrected chi connectivity index (χ4v) is 20.2. The van der Waals surface area contributed by atoms with Crippen LogP contribution < -0.4 is 0 Å². The fraction of sp³-hybridized carbons (Fsp3) is 0.556. The van der Waals surface area contributed by atoms with Gasteiger partial charge >= 0.3 is 0 Å². The number of aromatic nitrogens is 8. The Morgan fingerprint density at radius 2 is 0.398 bits per heavy atom. The number of aromatic amines is 2. The zero-order valence-electron chi connectivity index (χ0n) is 54.2. The number of unbranched alkanes of at least 4 members (excludes halogenated alkanes) is 16. The SMILES string of the molecule is CCCCCSc1cc2c(cc1SCCCCC)-c1nc-2nc2[nH]c(nc3nc(nc4[nH]c(n1)c1cc(SCCCCC)c(SCCCCC)cc41)-c1cc(SCCCCC)c(SCCCCC)cc1-3)c1cc(SCCCCC)c(SCCCCC)cc21. The van der Waals surface area contributed by atoms with Crippen LogP contribution in [0.1, 0.15) is 209 Å². The number of hydrogen-bond acceptors (Lipinski definition) is 14. The van der Waals surface area contributed by atoms with Crippen molar-refractivity contribution in [1.29, 1.82) is 0 Å². The number of benzene rings is 4. The Kier molecular flexibility index (Phi) is 29.2. The number of hydrogen-bond donors (Lipinski definition) is 2. The zero-order chi connectivity index (χ0) is 61.5. The number of H-pyrrole nitrogens is 2. The Balaban J connectivity index is 1.39. The molecular formula is C72H98N8S8. The lowest BCUT2D eigenvalue weighted by Gasteiger charge is -2.12. The number of rotatable bonds is 40. The second-order valence-corrected chi connectivity index (χ2v) is 32.5. The second kappa shape index (κ2) is 37.1. The molecule has 2 N–H and O–H groups in total. The van der Waals surface area contributed by atoms with Crippen molar-refractivity contribution in [2.45, 2.75) is 249 Å². The van der Waals surface area contributed by atoms with Crippen LogP contribution in [-0.2, 0) is 0 Å². The summed E-state index contributed by atoms with van der Waals surface area (Å²) in [7, 11) is 0. The minimum atomic E-state index is 0.676. The largest absolute Gasteiger partial charge is 0.324 e. The molecule has 0 fully saturated rings. The van der Waals surface area contributed by atoms with Crippen molar-refractivity contribution >= 4 is 138 Å². The average Bonchev–Trinajstić information content (AvgIpc) is 2.03. The summed E-state index contributed by atoms with van der Waals surface area (Å²) >= 11 is 15.9. The van der Waals surface area contributed by atoms with Gasteiger partial charge in [-0.2, -0.15) is 0 Å². The molecule has 7 aromatic rings. The Bertz CT molecular complexity index is 3090. The van der Waals surface area contributed by atoms with E-state index in [-0.39, 0.29) is 0 Å². The van der Waals surface area contributed by atoms with E-state index in [1.807, 2.05) is 94.1 Å². The van der Waals surface area contributed by atoms with Gasteiger partial charge in [0.05, 0.1) is 0 Å². The molecule has 0 saturated carbocycles. The van der Waals surface area contributed by atoms with Gasteiger partial charge in [-0.3, -0.25) is 0 Å². The molecule has 2 aliphatic rings. The maximum absolute atomic E-state index is 5.74. The first kappa shape index (κ1) is 69.4. The van der Waals surface area contributed by atoms with Crippen LogP contribution in [0.2, 0.25) is 0 Å². The van der Waals surface area contributed by atoms with Crippen LogP contribution in [0.25, 0.3) is 89.7 Å². The van der Waals surface area contributed by atoms with E-state index in [9.17, 15) is 0 Å². The first-order valence-electron chi connectivity index (χ1n) is 33.9. The molecule has 8 bridgehead atoms. The Morgan fingerprint density at radius 3 is 0.568 bits per heavy atom. The summed E-state index contributed by atoms with van der Waals surface area (Å²) in [6.45, 7) is 18.4. The number of thioether (sulfide) groups is 8. The number of nitrogens with one attached hydrogen (secondary N) is 2. The minimum Gasteiger partial charge on any atom is -0.324 e. The normalized spacial score (nSPS) is 12.1. The van der Waals surface area contributed by atoms with E-state index in [1.165, 1.54) is 193 Å². The fourth-order valence-electron chi connectivity index (χ4n) is 11.0. The Morgan fingerprint density at radius 1 is 0.227 bits per heavy atom. The van der Waals surface area contributed by atoms with Crippen molar-refractivity contribution in [2.24, 2.45) is 0 Å². The van der Waals surface area contributed by atoms with Crippen LogP contribution in [-0.4, -0.2) is 85.9 Å². The first-order chi connectivity index (χ1) is 43.3. The molecule has 0 radical (unpaired) electrons. The van der Waals surface area contributed by atoms with Gasteiger partial charge in [0.2, 0.25) is 0 Å². The van der Waals surface area contributed by atoms with Crippen molar-refractivity contribution in [3.8, 4) is 45.6 Å². The van der Waals surface area contributed by atoms with Crippen molar-refractivity contribution in [1.82, 2.24) is 39.9 Å². The molecule has 0 aliphatic carbocycles. The smallest absolute Gasteiger partial charge is 0.164 e. The maximum Gasteiger partial charge on any atom is 0.164 e. The van der Waals surface area contributed by atoms with E-state index >= 15 is 0 Å². The predicted octanol–water partition coefficient (Wildman–Crippen LogP) is 25.1. The minimum absolute atomic E-state index is 0.676. The lowest BCUT2D eigenvalue weighted by Crippen LogP contribution is -1.90. The molecule has 0 saturated heterocycles. The van der Waals surface area contributed by atoms with E-state index in [2.05, 4.69) is 114 Å². The summed E-state index contributed by atoms with van der Waals surface area (Å²) in [5, 5.41) is 4.21. The molecule has 0 spiro atoms. The van der Waals surface area contributed by atoms with Crippen LogP contribution in [0.15, 0.2) is 87.7 Å². The molecule has 0 unspecified atom stereocenters. The van der Waals surface area contributed by atoms with Crippen molar-refractivity contribution in [3.63, 3.8) is 0 Å². The predicted molar refractivity (Wildman–Crippen MR) is 398 cm³/mol. The molecular weight excluding hydrogens is 1230 g/mol. The number of nitrogens with zero attached hydrogens (tertiary/aromatic N) is 6. The van der Waals surface area contributed by atoms with E-state index in [0.717, 1.165) is 112 Å². The monoisotopic (exact) mass is 1330 g/mol. The maximum atomic E-state index is 5.74. The topological polar surface area (TPSA) is 109 Å². The van der Waals surface area contributed by atoms with E-state index in [4.69, 9.17) is 29.9 Å². The van der Waals surface area contributed by atoms with Crippen molar-refractivity contribution in [2.75, 3.05) is 46.0 Å². The highest BCUT2D eigenvalue weighted by Crippen LogP contribution is 2.47. The van der Waals surface area contributed by atoms with Crippen LogP contribution in [0.3, 0.4) is 0 Å².